The molecule has 0 radical (unpaired) electrons. The number of carbonyl (C=O) groups excluding carboxylic acids is 2. The molecular formula is C15H12N4O3S2. The topological polar surface area (TPSA) is 105 Å². The van der Waals surface area contributed by atoms with E-state index in [0.29, 0.717) is 21.6 Å². The first-order valence-electron chi connectivity index (χ1n) is 6.61. The first-order chi connectivity index (χ1) is 11.5. The van der Waals surface area contributed by atoms with Crippen LogP contribution in [0.25, 0.3) is 6.08 Å². The highest BCUT2D eigenvalue weighted by Gasteiger charge is 2.12. The molecule has 0 unspecified atom stereocenters. The number of ether oxygens (including phenoxy) is 1. The number of nitrogens with zero attached hydrogens (tertiary/aromatic N) is 3. The van der Waals surface area contributed by atoms with Gasteiger partial charge in [-0.05, 0) is 30.0 Å². The zero-order valence-corrected chi connectivity index (χ0v) is 14.4. The van der Waals surface area contributed by atoms with E-state index in [1.54, 1.807) is 24.3 Å². The molecular weight excluding hydrogens is 348 g/mol. The number of hydrogen-bond donors (Lipinski definition) is 1. The smallest absolute Gasteiger partial charge is 0.308 e. The van der Waals surface area contributed by atoms with Gasteiger partial charge in [-0.2, -0.15) is 14.6 Å². The summed E-state index contributed by atoms with van der Waals surface area (Å²) < 4.78 is 8.95. The van der Waals surface area contributed by atoms with E-state index in [2.05, 4.69) is 14.7 Å². The van der Waals surface area contributed by atoms with Crippen molar-refractivity contribution in [1.29, 1.82) is 5.26 Å². The number of nitriles is 1. The predicted octanol–water partition coefficient (Wildman–Crippen LogP) is 2.73. The van der Waals surface area contributed by atoms with Gasteiger partial charge in [0.15, 0.2) is 0 Å². The second-order valence-corrected chi connectivity index (χ2v) is 5.90. The Hall–Kier alpha value is -2.70. The highest BCUT2D eigenvalue weighted by atomic mass is 32.2. The largest absolute Gasteiger partial charge is 0.427 e. The molecule has 1 N–H and O–H groups in total. The van der Waals surface area contributed by atoms with Crippen molar-refractivity contribution < 1.29 is 14.3 Å². The Balaban J connectivity index is 2.11. The third-order valence-corrected chi connectivity index (χ3v) is 3.92. The van der Waals surface area contributed by atoms with Crippen molar-refractivity contribution in [2.45, 2.75) is 12.1 Å². The van der Waals surface area contributed by atoms with E-state index in [0.717, 1.165) is 11.5 Å². The second kappa shape index (κ2) is 8.24. The van der Waals surface area contributed by atoms with Crippen molar-refractivity contribution >= 4 is 46.4 Å². The number of rotatable bonds is 5. The molecule has 0 fully saturated rings. The fraction of sp³-hybridized carbons (Fsp3) is 0.133. The Kier molecular flexibility index (Phi) is 6.06. The molecule has 7 nitrogen and oxygen atoms in total. The summed E-state index contributed by atoms with van der Waals surface area (Å²) in [7, 11) is 0. The molecule has 0 spiro atoms. The number of nitrogens with one attached hydrogen (secondary N) is 1. The van der Waals surface area contributed by atoms with Crippen LogP contribution < -0.4 is 10.1 Å². The van der Waals surface area contributed by atoms with E-state index in [1.165, 1.54) is 24.8 Å². The number of amides is 1. The Bertz CT molecular complexity index is 822. The zero-order chi connectivity index (χ0) is 17.5. The lowest BCUT2D eigenvalue weighted by Crippen LogP contribution is -2.13. The molecule has 1 amide bonds. The standard InChI is InChI=1S/C15H12N4O3S2/c1-9(20)22-12-5-3-10(4-6-12)7-11(8-16)13(21)17-14-18-15(23-2)19-24-14/h3-7H,1-2H3,(H,17,18,19,21). The van der Waals surface area contributed by atoms with Gasteiger partial charge in [-0.3, -0.25) is 14.9 Å². The fourth-order valence-electron chi connectivity index (χ4n) is 1.62. The van der Waals surface area contributed by atoms with Gasteiger partial charge in [0.2, 0.25) is 10.3 Å². The van der Waals surface area contributed by atoms with Crippen molar-refractivity contribution in [3.8, 4) is 11.8 Å². The van der Waals surface area contributed by atoms with E-state index in [-0.39, 0.29) is 5.57 Å². The zero-order valence-electron chi connectivity index (χ0n) is 12.8. The van der Waals surface area contributed by atoms with Crippen LogP contribution in [-0.4, -0.2) is 27.5 Å². The first kappa shape index (κ1) is 17.7. The molecule has 1 aromatic carbocycles. The summed E-state index contributed by atoms with van der Waals surface area (Å²) in [6.45, 7) is 1.31. The molecule has 2 aromatic rings. The molecule has 0 atom stereocenters. The molecule has 1 heterocycles. The molecule has 24 heavy (non-hydrogen) atoms. The molecule has 0 aliphatic heterocycles. The highest BCUT2D eigenvalue weighted by molar-refractivity contribution is 7.98. The van der Waals surface area contributed by atoms with Crippen LogP contribution in [0.2, 0.25) is 0 Å². The minimum absolute atomic E-state index is 0.0730. The quantitative estimate of drug-likeness (QED) is 0.287. The maximum absolute atomic E-state index is 12.1. The Labute approximate surface area is 146 Å². The maximum atomic E-state index is 12.1. The second-order valence-electron chi connectivity index (χ2n) is 4.37. The number of thioether (sulfide) groups is 1. The van der Waals surface area contributed by atoms with Crippen LogP contribution >= 0.6 is 23.3 Å². The van der Waals surface area contributed by atoms with Gasteiger partial charge in [0.05, 0.1) is 0 Å². The average Bonchev–Trinajstić information content (AvgIpc) is 3.01. The third kappa shape index (κ3) is 4.91. The van der Waals surface area contributed by atoms with Crippen LogP contribution in [0.15, 0.2) is 35.0 Å². The summed E-state index contributed by atoms with van der Waals surface area (Å²) >= 11 is 2.41. The monoisotopic (exact) mass is 360 g/mol. The van der Waals surface area contributed by atoms with Crippen LogP contribution in [0.1, 0.15) is 12.5 Å². The van der Waals surface area contributed by atoms with Crippen molar-refractivity contribution in [2.24, 2.45) is 0 Å². The summed E-state index contributed by atoms with van der Waals surface area (Å²) in [5, 5.41) is 12.6. The Morgan fingerprint density at radius 3 is 2.62 bits per heavy atom. The van der Waals surface area contributed by atoms with Gasteiger partial charge < -0.3 is 4.74 Å². The maximum Gasteiger partial charge on any atom is 0.308 e. The minimum Gasteiger partial charge on any atom is -0.427 e. The van der Waals surface area contributed by atoms with Crippen molar-refractivity contribution in [3.05, 3.63) is 35.4 Å². The molecule has 2 rings (SSSR count). The van der Waals surface area contributed by atoms with Crippen LogP contribution in [0.4, 0.5) is 5.13 Å². The summed E-state index contributed by atoms with van der Waals surface area (Å²) in [4.78, 5) is 27.1. The molecule has 122 valence electrons. The van der Waals surface area contributed by atoms with Gasteiger partial charge in [-0.25, -0.2) is 0 Å². The SMILES string of the molecule is CSc1nsc(NC(=O)C(C#N)=Cc2ccc(OC(C)=O)cc2)n1. The fourth-order valence-corrected chi connectivity index (χ4v) is 2.74. The number of hydrogen-bond acceptors (Lipinski definition) is 8. The molecule has 0 aliphatic rings. The lowest BCUT2D eigenvalue weighted by atomic mass is 10.1. The van der Waals surface area contributed by atoms with E-state index in [1.807, 2.05) is 12.3 Å². The number of benzene rings is 1. The lowest BCUT2D eigenvalue weighted by molar-refractivity contribution is -0.131. The lowest BCUT2D eigenvalue weighted by Gasteiger charge is -2.02. The van der Waals surface area contributed by atoms with Crippen molar-refractivity contribution in [1.82, 2.24) is 9.36 Å². The molecule has 0 bridgehead atoms. The molecule has 0 saturated heterocycles. The van der Waals surface area contributed by atoms with Gasteiger partial charge in [0.25, 0.3) is 5.91 Å². The number of esters is 1. The molecule has 0 aliphatic carbocycles. The van der Waals surface area contributed by atoms with E-state index in [4.69, 9.17) is 4.74 Å². The summed E-state index contributed by atoms with van der Waals surface area (Å²) in [5.41, 5.74) is 0.552. The molecule has 0 saturated carbocycles. The number of aromatic nitrogens is 2. The summed E-state index contributed by atoms with van der Waals surface area (Å²) in [6.07, 6.45) is 3.26. The van der Waals surface area contributed by atoms with Crippen LogP contribution in [0.3, 0.4) is 0 Å². The molecule has 9 heteroatoms. The van der Waals surface area contributed by atoms with Gasteiger partial charge in [-0.15, -0.1) is 0 Å². The first-order valence-corrected chi connectivity index (χ1v) is 8.61. The number of carbonyl (C=O) groups is 2. The minimum atomic E-state index is -0.564. The van der Waals surface area contributed by atoms with Crippen LogP contribution in [-0.2, 0) is 9.59 Å². The average molecular weight is 360 g/mol. The predicted molar refractivity (Wildman–Crippen MR) is 91.7 cm³/mol. The number of anilines is 1. The van der Waals surface area contributed by atoms with Gasteiger partial charge in [0, 0.05) is 18.5 Å². The van der Waals surface area contributed by atoms with Gasteiger partial charge in [0.1, 0.15) is 17.4 Å². The highest BCUT2D eigenvalue weighted by Crippen LogP contribution is 2.19. The summed E-state index contributed by atoms with van der Waals surface area (Å²) in [5.74, 6) is -0.594. The van der Waals surface area contributed by atoms with E-state index >= 15 is 0 Å². The third-order valence-electron chi connectivity index (χ3n) is 2.63. The van der Waals surface area contributed by atoms with Crippen LogP contribution in [0, 0.1) is 11.3 Å². The van der Waals surface area contributed by atoms with Crippen molar-refractivity contribution in [3.63, 3.8) is 0 Å². The Morgan fingerprint density at radius 2 is 2.08 bits per heavy atom. The van der Waals surface area contributed by atoms with E-state index in [9.17, 15) is 14.9 Å². The Morgan fingerprint density at radius 1 is 1.38 bits per heavy atom. The summed E-state index contributed by atoms with van der Waals surface area (Å²) in [6, 6.07) is 8.29. The van der Waals surface area contributed by atoms with Gasteiger partial charge in [-0.1, -0.05) is 23.9 Å². The van der Waals surface area contributed by atoms with Crippen molar-refractivity contribution in [2.75, 3.05) is 11.6 Å². The van der Waals surface area contributed by atoms with Gasteiger partial charge >= 0.3 is 5.97 Å². The normalized spacial score (nSPS) is 10.8. The van der Waals surface area contributed by atoms with E-state index < -0.39 is 11.9 Å². The molecule has 1 aromatic heterocycles. The van der Waals surface area contributed by atoms with Crippen LogP contribution in [0.5, 0.6) is 5.75 Å².